The molecule has 78 valence electrons. The maximum atomic E-state index is 10.2. The summed E-state index contributed by atoms with van der Waals surface area (Å²) < 4.78 is 4.92. The van der Waals surface area contributed by atoms with Crippen molar-refractivity contribution in [1.29, 1.82) is 0 Å². The SMILES string of the molecule is NC(=O)COCCNCCCCO. The highest BCUT2D eigenvalue weighted by molar-refractivity contribution is 5.74. The molecule has 5 heteroatoms. The zero-order valence-corrected chi connectivity index (χ0v) is 7.79. The summed E-state index contributed by atoms with van der Waals surface area (Å²) in [5.74, 6) is -0.444. The predicted octanol–water partition coefficient (Wildman–Crippen LogP) is -1.15. The van der Waals surface area contributed by atoms with Gasteiger partial charge in [-0.3, -0.25) is 4.79 Å². The molecule has 0 fully saturated rings. The summed E-state index contributed by atoms with van der Waals surface area (Å²) in [5.41, 5.74) is 4.86. The van der Waals surface area contributed by atoms with Crippen LogP contribution in [0.25, 0.3) is 0 Å². The molecule has 0 unspecified atom stereocenters. The largest absolute Gasteiger partial charge is 0.396 e. The Morgan fingerprint density at radius 1 is 1.38 bits per heavy atom. The minimum atomic E-state index is -0.444. The van der Waals surface area contributed by atoms with Crippen LogP contribution in [0.1, 0.15) is 12.8 Å². The number of aliphatic hydroxyl groups excluding tert-OH is 1. The summed E-state index contributed by atoms with van der Waals surface area (Å²) >= 11 is 0. The van der Waals surface area contributed by atoms with Gasteiger partial charge in [-0.15, -0.1) is 0 Å². The van der Waals surface area contributed by atoms with Gasteiger partial charge in [0.2, 0.25) is 5.91 Å². The van der Waals surface area contributed by atoms with Crippen LogP contribution >= 0.6 is 0 Å². The van der Waals surface area contributed by atoms with Gasteiger partial charge in [0.15, 0.2) is 0 Å². The van der Waals surface area contributed by atoms with Crippen LogP contribution in [-0.4, -0.2) is 43.9 Å². The van der Waals surface area contributed by atoms with Crippen LogP contribution in [0.4, 0.5) is 0 Å². The Morgan fingerprint density at radius 2 is 2.15 bits per heavy atom. The number of carbonyl (C=O) groups is 1. The highest BCUT2D eigenvalue weighted by Crippen LogP contribution is 1.82. The second kappa shape index (κ2) is 9.44. The summed E-state index contributed by atoms with van der Waals surface area (Å²) in [7, 11) is 0. The van der Waals surface area contributed by atoms with Crippen molar-refractivity contribution in [3.05, 3.63) is 0 Å². The van der Waals surface area contributed by atoms with Crippen LogP contribution in [0, 0.1) is 0 Å². The fourth-order valence-electron chi connectivity index (χ4n) is 0.804. The molecule has 0 heterocycles. The third kappa shape index (κ3) is 11.3. The van der Waals surface area contributed by atoms with Gasteiger partial charge in [-0.25, -0.2) is 0 Å². The molecular formula is C8H18N2O3. The smallest absolute Gasteiger partial charge is 0.243 e. The van der Waals surface area contributed by atoms with Crippen molar-refractivity contribution in [3.8, 4) is 0 Å². The van der Waals surface area contributed by atoms with E-state index >= 15 is 0 Å². The number of ether oxygens (including phenoxy) is 1. The monoisotopic (exact) mass is 190 g/mol. The molecule has 0 saturated heterocycles. The minimum absolute atomic E-state index is 0.0156. The highest BCUT2D eigenvalue weighted by atomic mass is 16.5. The highest BCUT2D eigenvalue weighted by Gasteiger charge is 1.92. The van der Waals surface area contributed by atoms with Crippen molar-refractivity contribution in [2.75, 3.05) is 32.9 Å². The van der Waals surface area contributed by atoms with E-state index in [1.165, 1.54) is 0 Å². The van der Waals surface area contributed by atoms with Gasteiger partial charge in [0.05, 0.1) is 6.61 Å². The van der Waals surface area contributed by atoms with E-state index in [4.69, 9.17) is 15.6 Å². The summed E-state index contributed by atoms with van der Waals surface area (Å²) in [4.78, 5) is 10.2. The van der Waals surface area contributed by atoms with E-state index < -0.39 is 5.91 Å². The normalized spacial score (nSPS) is 10.2. The van der Waals surface area contributed by atoms with Gasteiger partial charge in [-0.1, -0.05) is 0 Å². The summed E-state index contributed by atoms with van der Waals surface area (Å²) in [5, 5.41) is 11.6. The lowest BCUT2D eigenvalue weighted by Crippen LogP contribution is -2.24. The van der Waals surface area contributed by atoms with Crippen LogP contribution in [0.2, 0.25) is 0 Å². The molecule has 0 bridgehead atoms. The molecule has 0 spiro atoms. The fraction of sp³-hybridized carbons (Fsp3) is 0.875. The van der Waals surface area contributed by atoms with Crippen molar-refractivity contribution in [3.63, 3.8) is 0 Å². The summed E-state index contributed by atoms with van der Waals surface area (Å²) in [6.07, 6.45) is 1.77. The summed E-state index contributed by atoms with van der Waals surface area (Å²) in [6, 6.07) is 0. The number of hydrogen-bond donors (Lipinski definition) is 3. The first kappa shape index (κ1) is 12.3. The lowest BCUT2D eigenvalue weighted by Gasteiger charge is -2.03. The third-order valence-corrected chi connectivity index (χ3v) is 1.43. The quantitative estimate of drug-likeness (QED) is 0.401. The minimum Gasteiger partial charge on any atom is -0.396 e. The van der Waals surface area contributed by atoms with E-state index in [1.807, 2.05) is 0 Å². The second-order valence-corrected chi connectivity index (χ2v) is 2.70. The van der Waals surface area contributed by atoms with Crippen molar-refractivity contribution in [1.82, 2.24) is 5.32 Å². The molecule has 0 aromatic heterocycles. The number of primary amides is 1. The Labute approximate surface area is 78.3 Å². The molecule has 0 atom stereocenters. The Kier molecular flexibility index (Phi) is 8.97. The van der Waals surface area contributed by atoms with Gasteiger partial charge in [-0.2, -0.15) is 0 Å². The van der Waals surface area contributed by atoms with E-state index in [0.29, 0.717) is 13.2 Å². The lowest BCUT2D eigenvalue weighted by atomic mass is 10.3. The Balaban J connectivity index is 2.87. The molecule has 0 rings (SSSR count). The molecule has 0 aliphatic heterocycles. The topological polar surface area (TPSA) is 84.6 Å². The molecule has 0 aromatic rings. The number of carbonyl (C=O) groups excluding carboxylic acids is 1. The van der Waals surface area contributed by atoms with Crippen LogP contribution in [0.3, 0.4) is 0 Å². The summed E-state index contributed by atoms with van der Waals surface area (Å²) in [6.45, 7) is 2.28. The van der Waals surface area contributed by atoms with Gasteiger partial charge >= 0.3 is 0 Å². The Hall–Kier alpha value is -0.650. The van der Waals surface area contributed by atoms with Gasteiger partial charge in [-0.05, 0) is 19.4 Å². The molecule has 4 N–H and O–H groups in total. The average Bonchev–Trinajstić information content (AvgIpc) is 2.09. The van der Waals surface area contributed by atoms with Crippen molar-refractivity contribution in [2.24, 2.45) is 5.73 Å². The molecule has 0 aliphatic rings. The zero-order chi connectivity index (χ0) is 9.94. The molecule has 1 amide bonds. The van der Waals surface area contributed by atoms with Crippen molar-refractivity contribution >= 4 is 5.91 Å². The molecule has 0 radical (unpaired) electrons. The van der Waals surface area contributed by atoms with E-state index in [2.05, 4.69) is 5.32 Å². The van der Waals surface area contributed by atoms with Gasteiger partial charge in [0, 0.05) is 13.2 Å². The van der Waals surface area contributed by atoms with E-state index in [1.54, 1.807) is 0 Å². The van der Waals surface area contributed by atoms with Crippen LogP contribution in [0.15, 0.2) is 0 Å². The second-order valence-electron chi connectivity index (χ2n) is 2.70. The fourth-order valence-corrected chi connectivity index (χ4v) is 0.804. The van der Waals surface area contributed by atoms with E-state index in [0.717, 1.165) is 19.4 Å². The van der Waals surface area contributed by atoms with Gasteiger partial charge in [0.25, 0.3) is 0 Å². The Morgan fingerprint density at radius 3 is 2.77 bits per heavy atom. The molecule has 0 aliphatic carbocycles. The predicted molar refractivity (Wildman–Crippen MR) is 49.2 cm³/mol. The van der Waals surface area contributed by atoms with Crippen LogP contribution in [-0.2, 0) is 9.53 Å². The van der Waals surface area contributed by atoms with Crippen LogP contribution in [0.5, 0.6) is 0 Å². The zero-order valence-electron chi connectivity index (χ0n) is 7.79. The van der Waals surface area contributed by atoms with E-state index in [9.17, 15) is 4.79 Å². The molecule has 0 aromatic carbocycles. The number of hydrogen-bond acceptors (Lipinski definition) is 4. The lowest BCUT2D eigenvalue weighted by molar-refractivity contribution is -0.122. The number of nitrogens with one attached hydrogen (secondary N) is 1. The first-order valence-corrected chi connectivity index (χ1v) is 4.45. The Bertz CT molecular complexity index is 131. The van der Waals surface area contributed by atoms with Gasteiger partial charge < -0.3 is 20.9 Å². The molecule has 13 heavy (non-hydrogen) atoms. The number of rotatable bonds is 9. The molecule has 5 nitrogen and oxygen atoms in total. The number of amides is 1. The maximum Gasteiger partial charge on any atom is 0.243 e. The van der Waals surface area contributed by atoms with Crippen molar-refractivity contribution in [2.45, 2.75) is 12.8 Å². The average molecular weight is 190 g/mol. The standard InChI is InChI=1S/C8H18N2O3/c9-8(12)7-13-6-4-10-3-1-2-5-11/h10-11H,1-7H2,(H2,9,12). The first-order valence-electron chi connectivity index (χ1n) is 4.45. The third-order valence-electron chi connectivity index (χ3n) is 1.43. The van der Waals surface area contributed by atoms with Crippen molar-refractivity contribution < 1.29 is 14.6 Å². The maximum absolute atomic E-state index is 10.2. The number of unbranched alkanes of at least 4 members (excludes halogenated alkanes) is 1. The molecule has 0 saturated carbocycles. The first-order chi connectivity index (χ1) is 6.27. The number of aliphatic hydroxyl groups is 1. The van der Waals surface area contributed by atoms with E-state index in [-0.39, 0.29) is 13.2 Å². The molecular weight excluding hydrogens is 172 g/mol. The van der Waals surface area contributed by atoms with Crippen LogP contribution < -0.4 is 11.1 Å². The number of nitrogens with two attached hydrogens (primary N) is 1. The van der Waals surface area contributed by atoms with Gasteiger partial charge in [0.1, 0.15) is 6.61 Å².